The largest absolute Gasteiger partial charge is 0.383 e. The second-order valence-corrected chi connectivity index (χ2v) is 4.91. The van der Waals surface area contributed by atoms with Gasteiger partial charge in [0.05, 0.1) is 12.0 Å². The molecule has 0 radical (unpaired) electrons. The number of nitrogens with one attached hydrogen (secondary N) is 1. The molecule has 0 unspecified atom stereocenters. The van der Waals surface area contributed by atoms with Gasteiger partial charge in [0.1, 0.15) is 10.6 Å². The summed E-state index contributed by atoms with van der Waals surface area (Å²) in [6, 6.07) is 2.06. The number of aromatic nitrogens is 2. The van der Waals surface area contributed by atoms with Crippen LogP contribution in [0, 0.1) is 6.92 Å². The molecular weight excluding hydrogens is 246 g/mol. The van der Waals surface area contributed by atoms with E-state index in [9.17, 15) is 0 Å². The van der Waals surface area contributed by atoms with Gasteiger partial charge in [-0.25, -0.2) is 9.97 Å². The lowest BCUT2D eigenvalue weighted by molar-refractivity contribution is 0.210. The van der Waals surface area contributed by atoms with Gasteiger partial charge in [0.2, 0.25) is 5.28 Å². The lowest BCUT2D eigenvalue weighted by Gasteiger charge is -2.05. The van der Waals surface area contributed by atoms with E-state index in [1.807, 2.05) is 6.92 Å². The summed E-state index contributed by atoms with van der Waals surface area (Å²) in [5.74, 6) is 0.774. The average molecular weight is 258 g/mol. The zero-order chi connectivity index (χ0) is 11.5. The van der Waals surface area contributed by atoms with Crippen molar-refractivity contribution in [2.45, 2.75) is 6.92 Å². The molecule has 0 spiro atoms. The van der Waals surface area contributed by atoms with E-state index in [-0.39, 0.29) is 5.28 Å². The Kier molecular flexibility index (Phi) is 3.58. The van der Waals surface area contributed by atoms with Gasteiger partial charge in [-0.2, -0.15) is 0 Å². The fourth-order valence-electron chi connectivity index (χ4n) is 1.42. The normalized spacial score (nSPS) is 10.9. The van der Waals surface area contributed by atoms with Crippen molar-refractivity contribution >= 4 is 39.0 Å². The number of anilines is 1. The number of hydrogen-bond acceptors (Lipinski definition) is 5. The molecule has 2 heterocycles. The van der Waals surface area contributed by atoms with E-state index < -0.39 is 0 Å². The Morgan fingerprint density at radius 2 is 2.31 bits per heavy atom. The Balaban J connectivity index is 2.34. The van der Waals surface area contributed by atoms with Crippen LogP contribution in [-0.2, 0) is 4.74 Å². The molecule has 0 aliphatic heterocycles. The quantitative estimate of drug-likeness (QED) is 0.676. The Labute approximate surface area is 103 Å². The standard InChI is InChI=1S/C10H12ClN3OS/c1-6-5-7-8(12-3-4-15-2)13-10(11)14-9(7)16-6/h5H,3-4H2,1-2H3,(H,12,13,14). The van der Waals surface area contributed by atoms with Crippen LogP contribution in [0.25, 0.3) is 10.2 Å². The highest BCUT2D eigenvalue weighted by Gasteiger charge is 2.08. The van der Waals surface area contributed by atoms with Gasteiger partial charge in [-0.1, -0.05) is 0 Å². The van der Waals surface area contributed by atoms with Crippen LogP contribution in [0.15, 0.2) is 6.07 Å². The molecule has 2 aromatic rings. The van der Waals surface area contributed by atoms with Crippen LogP contribution in [0.5, 0.6) is 0 Å². The van der Waals surface area contributed by atoms with Crippen molar-refractivity contribution in [3.05, 3.63) is 16.2 Å². The highest BCUT2D eigenvalue weighted by atomic mass is 35.5. The SMILES string of the molecule is COCCNc1nc(Cl)nc2sc(C)cc12. The number of fused-ring (bicyclic) bond motifs is 1. The first-order valence-electron chi connectivity index (χ1n) is 4.87. The summed E-state index contributed by atoms with van der Waals surface area (Å²) in [5.41, 5.74) is 0. The van der Waals surface area contributed by atoms with Crippen molar-refractivity contribution in [2.75, 3.05) is 25.6 Å². The van der Waals surface area contributed by atoms with Crippen LogP contribution in [0.1, 0.15) is 4.88 Å². The molecule has 6 heteroatoms. The smallest absolute Gasteiger partial charge is 0.225 e. The number of halogens is 1. The van der Waals surface area contributed by atoms with Crippen molar-refractivity contribution < 1.29 is 4.74 Å². The summed E-state index contributed by atoms with van der Waals surface area (Å²) in [6.45, 7) is 3.37. The van der Waals surface area contributed by atoms with Crippen LogP contribution in [0.2, 0.25) is 5.28 Å². The van der Waals surface area contributed by atoms with E-state index in [1.54, 1.807) is 18.4 Å². The number of ether oxygens (including phenoxy) is 1. The second-order valence-electron chi connectivity index (χ2n) is 3.34. The number of thiophene rings is 1. The topological polar surface area (TPSA) is 47.0 Å². The summed E-state index contributed by atoms with van der Waals surface area (Å²) >= 11 is 7.47. The number of nitrogens with zero attached hydrogens (tertiary/aromatic N) is 2. The van der Waals surface area contributed by atoms with Gasteiger partial charge in [-0.3, -0.25) is 0 Å². The first-order chi connectivity index (χ1) is 7.70. The Morgan fingerprint density at radius 1 is 1.50 bits per heavy atom. The molecule has 0 saturated heterocycles. The molecule has 86 valence electrons. The zero-order valence-electron chi connectivity index (χ0n) is 9.08. The van der Waals surface area contributed by atoms with Gasteiger partial charge in [0, 0.05) is 18.5 Å². The van der Waals surface area contributed by atoms with E-state index in [1.165, 1.54) is 4.88 Å². The van der Waals surface area contributed by atoms with E-state index in [0.29, 0.717) is 13.2 Å². The van der Waals surface area contributed by atoms with Gasteiger partial charge < -0.3 is 10.1 Å². The zero-order valence-corrected chi connectivity index (χ0v) is 10.7. The molecular formula is C10H12ClN3OS. The molecule has 2 aromatic heterocycles. The summed E-state index contributed by atoms with van der Waals surface area (Å²) in [7, 11) is 1.67. The molecule has 4 nitrogen and oxygen atoms in total. The summed E-state index contributed by atoms with van der Waals surface area (Å²) in [6.07, 6.45) is 0. The minimum atomic E-state index is 0.272. The molecule has 0 aliphatic rings. The summed E-state index contributed by atoms with van der Waals surface area (Å²) < 4.78 is 4.97. The van der Waals surface area contributed by atoms with E-state index in [4.69, 9.17) is 16.3 Å². The van der Waals surface area contributed by atoms with Crippen molar-refractivity contribution in [1.29, 1.82) is 0 Å². The van der Waals surface area contributed by atoms with Gasteiger partial charge in [-0.15, -0.1) is 11.3 Å². The van der Waals surface area contributed by atoms with Crippen molar-refractivity contribution in [3.63, 3.8) is 0 Å². The molecule has 0 fully saturated rings. The fourth-order valence-corrected chi connectivity index (χ4v) is 2.52. The minimum absolute atomic E-state index is 0.272. The van der Waals surface area contributed by atoms with E-state index >= 15 is 0 Å². The van der Waals surface area contributed by atoms with Crippen LogP contribution in [-0.4, -0.2) is 30.2 Å². The van der Waals surface area contributed by atoms with Crippen LogP contribution in [0.4, 0.5) is 5.82 Å². The average Bonchev–Trinajstić information content (AvgIpc) is 2.58. The fraction of sp³-hybridized carbons (Fsp3) is 0.400. The number of aryl methyl sites for hydroxylation is 1. The van der Waals surface area contributed by atoms with Gasteiger partial charge >= 0.3 is 0 Å². The Morgan fingerprint density at radius 3 is 3.06 bits per heavy atom. The number of rotatable bonds is 4. The van der Waals surface area contributed by atoms with Gasteiger partial charge in [0.25, 0.3) is 0 Å². The van der Waals surface area contributed by atoms with E-state index in [2.05, 4.69) is 21.4 Å². The maximum absolute atomic E-state index is 5.86. The molecule has 0 amide bonds. The molecule has 0 aliphatic carbocycles. The molecule has 2 rings (SSSR count). The predicted molar refractivity (Wildman–Crippen MR) is 67.5 cm³/mol. The molecule has 0 saturated carbocycles. The third kappa shape index (κ3) is 2.42. The third-order valence-corrected chi connectivity index (χ3v) is 3.20. The number of methoxy groups -OCH3 is 1. The first-order valence-corrected chi connectivity index (χ1v) is 6.06. The Hall–Kier alpha value is -0.910. The molecule has 0 atom stereocenters. The van der Waals surface area contributed by atoms with E-state index in [0.717, 1.165) is 16.0 Å². The third-order valence-electron chi connectivity index (χ3n) is 2.09. The Bertz CT molecular complexity index is 500. The van der Waals surface area contributed by atoms with Gasteiger partial charge in [-0.05, 0) is 24.6 Å². The lowest BCUT2D eigenvalue weighted by atomic mass is 10.3. The highest BCUT2D eigenvalue weighted by Crippen LogP contribution is 2.29. The van der Waals surface area contributed by atoms with Crippen LogP contribution >= 0.6 is 22.9 Å². The summed E-state index contributed by atoms with van der Waals surface area (Å²) in [4.78, 5) is 10.5. The second kappa shape index (κ2) is 4.95. The van der Waals surface area contributed by atoms with Gasteiger partial charge in [0.15, 0.2) is 0 Å². The monoisotopic (exact) mass is 257 g/mol. The first kappa shape index (κ1) is 11.6. The highest BCUT2D eigenvalue weighted by molar-refractivity contribution is 7.18. The minimum Gasteiger partial charge on any atom is -0.383 e. The molecule has 16 heavy (non-hydrogen) atoms. The maximum atomic E-state index is 5.86. The predicted octanol–water partition coefficient (Wildman–Crippen LogP) is 2.71. The molecule has 1 N–H and O–H groups in total. The summed E-state index contributed by atoms with van der Waals surface area (Å²) in [5, 5.41) is 4.48. The van der Waals surface area contributed by atoms with Crippen molar-refractivity contribution in [3.8, 4) is 0 Å². The van der Waals surface area contributed by atoms with Crippen LogP contribution in [0.3, 0.4) is 0 Å². The van der Waals surface area contributed by atoms with Crippen molar-refractivity contribution in [2.24, 2.45) is 0 Å². The van der Waals surface area contributed by atoms with Crippen molar-refractivity contribution in [1.82, 2.24) is 9.97 Å². The number of hydrogen-bond donors (Lipinski definition) is 1. The maximum Gasteiger partial charge on any atom is 0.225 e. The molecule has 0 bridgehead atoms. The lowest BCUT2D eigenvalue weighted by Crippen LogP contribution is -2.09. The molecule has 0 aromatic carbocycles. The van der Waals surface area contributed by atoms with Crippen LogP contribution < -0.4 is 5.32 Å².